The lowest BCUT2D eigenvalue weighted by Crippen LogP contribution is -2.50. The topological polar surface area (TPSA) is 113 Å². The van der Waals surface area contributed by atoms with Gasteiger partial charge in [-0.2, -0.15) is 4.39 Å². The third kappa shape index (κ3) is 7.19. The predicted octanol–water partition coefficient (Wildman–Crippen LogP) is 3.38. The second-order valence-electron chi connectivity index (χ2n) is 9.78. The highest BCUT2D eigenvalue weighted by atomic mass is 19.3. The first-order valence-electron chi connectivity index (χ1n) is 12.3. The summed E-state index contributed by atoms with van der Waals surface area (Å²) in [6.45, 7) is 0.526. The van der Waals surface area contributed by atoms with Crippen molar-refractivity contribution in [1.82, 2.24) is 10.2 Å². The van der Waals surface area contributed by atoms with E-state index in [0.717, 1.165) is 6.92 Å². The van der Waals surface area contributed by atoms with E-state index in [1.165, 1.54) is 4.90 Å². The van der Waals surface area contributed by atoms with E-state index < -0.39 is 77.7 Å². The molecule has 210 valence electrons. The fraction of sp³-hybridized carbons (Fsp3) is 0.600. The molecule has 0 unspecified atom stereocenters. The van der Waals surface area contributed by atoms with Crippen molar-refractivity contribution >= 4 is 23.6 Å². The average Bonchev–Trinajstić information content (AvgIpc) is 2.86. The number of alkyl halides is 2. The smallest absolute Gasteiger partial charge is 0.305 e. The standard InChI is InChI=1S/C25H29F5N2O6/c1-13-10-16(26)21(28)22(20(13)27)38-12-18(33)17(11-19(34)35)31-23(36)14-4-8-32(9-5-14)24(37)15-2-6-25(29,30)7-3-15/h10,14-15,17H,2-9,11-12H2,1H3,(H,31,36)(H,34,35)/t17-/m0/s1. The number of ether oxygens (including phenoxy) is 1. The molecular weight excluding hydrogens is 519 g/mol. The van der Waals surface area contributed by atoms with Gasteiger partial charge >= 0.3 is 5.97 Å². The van der Waals surface area contributed by atoms with Crippen LogP contribution in [0.5, 0.6) is 5.75 Å². The van der Waals surface area contributed by atoms with Gasteiger partial charge in [0.25, 0.3) is 0 Å². The van der Waals surface area contributed by atoms with Crippen molar-refractivity contribution in [2.24, 2.45) is 11.8 Å². The summed E-state index contributed by atoms with van der Waals surface area (Å²) in [5, 5.41) is 11.5. The molecule has 2 aliphatic rings. The molecule has 2 amide bonds. The van der Waals surface area contributed by atoms with E-state index in [-0.39, 0.29) is 63.1 Å². The van der Waals surface area contributed by atoms with Crippen molar-refractivity contribution in [2.75, 3.05) is 19.7 Å². The number of carbonyl (C=O) groups is 4. The van der Waals surface area contributed by atoms with Gasteiger partial charge in [0.2, 0.25) is 23.6 Å². The Kier molecular flexibility index (Phi) is 9.31. The zero-order valence-corrected chi connectivity index (χ0v) is 20.7. The average molecular weight is 549 g/mol. The van der Waals surface area contributed by atoms with Gasteiger partial charge in [0, 0.05) is 37.8 Å². The number of rotatable bonds is 9. The van der Waals surface area contributed by atoms with Gasteiger partial charge in [-0.1, -0.05) is 0 Å². The van der Waals surface area contributed by atoms with Crippen LogP contribution in [0.2, 0.25) is 0 Å². The van der Waals surface area contributed by atoms with E-state index in [4.69, 9.17) is 9.84 Å². The number of Topliss-reactive ketones (excluding diaryl/α,β-unsaturated/α-hetero) is 1. The molecule has 1 atom stereocenters. The van der Waals surface area contributed by atoms with E-state index in [0.29, 0.717) is 6.07 Å². The van der Waals surface area contributed by atoms with Crippen molar-refractivity contribution in [2.45, 2.75) is 63.8 Å². The van der Waals surface area contributed by atoms with Crippen molar-refractivity contribution in [1.29, 1.82) is 0 Å². The molecule has 1 aromatic carbocycles. The SMILES string of the molecule is Cc1cc(F)c(F)c(OCC(=O)[C@H](CC(=O)O)NC(=O)C2CCN(C(=O)C3CCC(F)(F)CC3)CC2)c1F. The first-order chi connectivity index (χ1) is 17.8. The van der Waals surface area contributed by atoms with Gasteiger partial charge in [0.05, 0.1) is 6.42 Å². The Bertz CT molecular complexity index is 1050. The number of ketones is 1. The van der Waals surface area contributed by atoms with Crippen LogP contribution in [-0.2, 0) is 19.2 Å². The predicted molar refractivity (Wildman–Crippen MR) is 122 cm³/mol. The highest BCUT2D eigenvalue weighted by molar-refractivity contribution is 5.93. The first-order valence-corrected chi connectivity index (χ1v) is 12.3. The number of aliphatic carboxylic acids is 1. The number of piperidine rings is 1. The van der Waals surface area contributed by atoms with Gasteiger partial charge < -0.3 is 20.1 Å². The fourth-order valence-corrected chi connectivity index (χ4v) is 4.69. The van der Waals surface area contributed by atoms with Crippen LogP contribution in [0.1, 0.15) is 50.5 Å². The van der Waals surface area contributed by atoms with Crippen molar-refractivity contribution in [3.05, 3.63) is 29.1 Å². The van der Waals surface area contributed by atoms with E-state index in [9.17, 15) is 41.1 Å². The zero-order valence-electron chi connectivity index (χ0n) is 20.7. The third-order valence-electron chi connectivity index (χ3n) is 6.98. The molecule has 2 N–H and O–H groups in total. The lowest BCUT2D eigenvalue weighted by molar-refractivity contribution is -0.144. The molecule has 38 heavy (non-hydrogen) atoms. The maximum absolute atomic E-state index is 14.1. The van der Waals surface area contributed by atoms with E-state index in [1.807, 2.05) is 0 Å². The van der Waals surface area contributed by atoms with Crippen LogP contribution in [0.15, 0.2) is 6.07 Å². The molecule has 1 aromatic rings. The molecule has 0 radical (unpaired) electrons. The second-order valence-corrected chi connectivity index (χ2v) is 9.78. The monoisotopic (exact) mass is 548 g/mol. The number of hydrogen-bond donors (Lipinski definition) is 2. The molecule has 1 saturated carbocycles. The minimum absolute atomic E-state index is 0.0935. The van der Waals surface area contributed by atoms with Gasteiger partial charge in [-0.3, -0.25) is 19.2 Å². The second kappa shape index (κ2) is 12.1. The number of nitrogens with one attached hydrogen (secondary N) is 1. The summed E-state index contributed by atoms with van der Waals surface area (Å²) < 4.78 is 73.2. The van der Waals surface area contributed by atoms with Gasteiger partial charge in [-0.05, 0) is 44.2 Å². The van der Waals surface area contributed by atoms with E-state index in [2.05, 4.69) is 5.32 Å². The Morgan fingerprint density at radius 2 is 1.66 bits per heavy atom. The molecule has 3 rings (SSSR count). The first kappa shape index (κ1) is 29.3. The molecule has 1 saturated heterocycles. The summed E-state index contributed by atoms with van der Waals surface area (Å²) >= 11 is 0. The highest BCUT2D eigenvalue weighted by Gasteiger charge is 2.40. The number of nitrogens with zero attached hydrogens (tertiary/aromatic N) is 1. The molecule has 2 fully saturated rings. The normalized spacial score (nSPS) is 19.1. The summed E-state index contributed by atoms with van der Waals surface area (Å²) in [7, 11) is 0. The summed E-state index contributed by atoms with van der Waals surface area (Å²) in [6.07, 6.45) is -0.905. The summed E-state index contributed by atoms with van der Waals surface area (Å²) in [5.41, 5.74) is -0.270. The van der Waals surface area contributed by atoms with Gasteiger partial charge in [-0.25, -0.2) is 17.6 Å². The van der Waals surface area contributed by atoms with Crippen molar-refractivity contribution in [3.8, 4) is 5.75 Å². The number of amides is 2. The van der Waals surface area contributed by atoms with E-state index in [1.54, 1.807) is 0 Å². The van der Waals surface area contributed by atoms with Crippen LogP contribution in [0, 0.1) is 36.2 Å². The number of carboxylic acids is 1. The summed E-state index contributed by atoms with van der Waals surface area (Å²) in [6, 6.07) is -0.969. The number of hydrogen-bond acceptors (Lipinski definition) is 5. The Balaban J connectivity index is 1.55. The zero-order chi connectivity index (χ0) is 28.2. The van der Waals surface area contributed by atoms with Crippen LogP contribution >= 0.6 is 0 Å². The lowest BCUT2D eigenvalue weighted by Gasteiger charge is -2.36. The van der Waals surface area contributed by atoms with Crippen LogP contribution in [0.25, 0.3) is 0 Å². The van der Waals surface area contributed by atoms with Crippen LogP contribution < -0.4 is 10.1 Å². The molecule has 1 heterocycles. The van der Waals surface area contributed by atoms with Gasteiger partial charge in [0.1, 0.15) is 12.6 Å². The molecule has 8 nitrogen and oxygen atoms in total. The maximum Gasteiger partial charge on any atom is 0.305 e. The summed E-state index contributed by atoms with van der Waals surface area (Å²) in [4.78, 5) is 50.8. The largest absolute Gasteiger partial charge is 0.481 e. The van der Waals surface area contributed by atoms with Gasteiger partial charge in [-0.15, -0.1) is 0 Å². The quantitative estimate of drug-likeness (QED) is 0.362. The minimum Gasteiger partial charge on any atom is -0.481 e. The molecule has 0 aromatic heterocycles. The lowest BCUT2D eigenvalue weighted by atomic mass is 9.85. The minimum atomic E-state index is -2.75. The number of halogens is 5. The molecule has 1 aliphatic heterocycles. The number of carbonyl (C=O) groups excluding carboxylic acids is 3. The molecular formula is C25H29F5N2O6. The third-order valence-corrected chi connectivity index (χ3v) is 6.98. The van der Waals surface area contributed by atoms with Crippen LogP contribution in [0.4, 0.5) is 22.0 Å². The number of benzene rings is 1. The van der Waals surface area contributed by atoms with Gasteiger partial charge in [0.15, 0.2) is 23.2 Å². The number of carboxylic acid groups (broad SMARTS) is 1. The van der Waals surface area contributed by atoms with E-state index >= 15 is 0 Å². The number of aryl methyl sites for hydroxylation is 1. The maximum atomic E-state index is 14.1. The fourth-order valence-electron chi connectivity index (χ4n) is 4.69. The highest BCUT2D eigenvalue weighted by Crippen LogP contribution is 2.37. The Labute approximate surface area is 215 Å². The summed E-state index contributed by atoms with van der Waals surface area (Å²) in [5.74, 6) is -12.6. The van der Waals surface area contributed by atoms with Crippen molar-refractivity contribution < 1.29 is 51.0 Å². The molecule has 13 heteroatoms. The Hall–Kier alpha value is -3.25. The van der Waals surface area contributed by atoms with Crippen LogP contribution in [-0.4, -0.2) is 65.2 Å². The van der Waals surface area contributed by atoms with Crippen LogP contribution in [0.3, 0.4) is 0 Å². The van der Waals surface area contributed by atoms with Crippen molar-refractivity contribution in [3.63, 3.8) is 0 Å². The number of likely N-dealkylation sites (tertiary alicyclic amines) is 1. The molecule has 0 bridgehead atoms. The molecule has 1 aliphatic carbocycles. The molecule has 0 spiro atoms. The Morgan fingerprint density at radius 3 is 2.24 bits per heavy atom. The Morgan fingerprint density at radius 1 is 1.05 bits per heavy atom.